The van der Waals surface area contributed by atoms with E-state index in [-0.39, 0.29) is 0 Å². The molecule has 0 aliphatic heterocycles. The average Bonchev–Trinajstić information content (AvgIpc) is 2.45. The van der Waals surface area contributed by atoms with E-state index in [1.165, 1.54) is 0 Å². The van der Waals surface area contributed by atoms with Crippen molar-refractivity contribution in [3.8, 4) is 0 Å². The standard InChI is InChI=1S/C10H12BrN3/c1-6(2)10-13-8-5-12-4-7(11)9(8)14(10)3/h4-6H,1-3H3. The number of halogens is 1. The van der Waals surface area contributed by atoms with Crippen molar-refractivity contribution in [3.63, 3.8) is 0 Å². The van der Waals surface area contributed by atoms with Gasteiger partial charge in [-0.25, -0.2) is 4.98 Å². The summed E-state index contributed by atoms with van der Waals surface area (Å²) in [6.45, 7) is 4.28. The zero-order valence-electron chi connectivity index (χ0n) is 8.45. The first-order valence-electron chi connectivity index (χ1n) is 4.57. The third-order valence-electron chi connectivity index (χ3n) is 2.28. The Morgan fingerprint density at radius 2 is 2.07 bits per heavy atom. The second kappa shape index (κ2) is 3.35. The van der Waals surface area contributed by atoms with Crippen molar-refractivity contribution in [3.05, 3.63) is 22.7 Å². The molecule has 0 spiro atoms. The van der Waals surface area contributed by atoms with Gasteiger partial charge in [-0.15, -0.1) is 0 Å². The monoisotopic (exact) mass is 253 g/mol. The summed E-state index contributed by atoms with van der Waals surface area (Å²) in [5, 5.41) is 0. The minimum atomic E-state index is 0.430. The fourth-order valence-corrected chi connectivity index (χ4v) is 2.25. The molecule has 2 rings (SSSR count). The maximum Gasteiger partial charge on any atom is 0.112 e. The third-order valence-corrected chi connectivity index (χ3v) is 2.86. The van der Waals surface area contributed by atoms with Crippen molar-refractivity contribution >= 4 is 27.0 Å². The predicted octanol–water partition coefficient (Wildman–Crippen LogP) is 2.85. The van der Waals surface area contributed by atoms with Crippen LogP contribution < -0.4 is 0 Å². The van der Waals surface area contributed by atoms with E-state index in [2.05, 4.69) is 44.3 Å². The van der Waals surface area contributed by atoms with Crippen molar-refractivity contribution in [1.82, 2.24) is 14.5 Å². The molecular weight excluding hydrogens is 242 g/mol. The van der Waals surface area contributed by atoms with Gasteiger partial charge in [-0.3, -0.25) is 4.98 Å². The minimum absolute atomic E-state index is 0.430. The zero-order valence-corrected chi connectivity index (χ0v) is 10.0. The molecule has 0 N–H and O–H groups in total. The van der Waals surface area contributed by atoms with Crippen LogP contribution in [0.15, 0.2) is 16.9 Å². The SMILES string of the molecule is CC(C)c1nc2cncc(Br)c2n1C. The van der Waals surface area contributed by atoms with E-state index in [1.54, 1.807) is 12.4 Å². The lowest BCUT2D eigenvalue weighted by Crippen LogP contribution is -1.99. The van der Waals surface area contributed by atoms with Crippen molar-refractivity contribution in [2.75, 3.05) is 0 Å². The van der Waals surface area contributed by atoms with Gasteiger partial charge in [0.05, 0.1) is 16.2 Å². The van der Waals surface area contributed by atoms with Crippen LogP contribution in [-0.4, -0.2) is 14.5 Å². The lowest BCUT2D eigenvalue weighted by Gasteiger charge is -2.04. The first-order chi connectivity index (χ1) is 6.61. The summed E-state index contributed by atoms with van der Waals surface area (Å²) >= 11 is 3.49. The third kappa shape index (κ3) is 1.34. The molecule has 3 nitrogen and oxygen atoms in total. The van der Waals surface area contributed by atoms with E-state index in [0.29, 0.717) is 5.92 Å². The first kappa shape index (κ1) is 9.65. The molecule has 0 aliphatic rings. The molecule has 0 atom stereocenters. The topological polar surface area (TPSA) is 30.7 Å². The number of hydrogen-bond donors (Lipinski definition) is 0. The highest BCUT2D eigenvalue weighted by Crippen LogP contribution is 2.25. The molecule has 0 saturated heterocycles. The van der Waals surface area contributed by atoms with E-state index in [4.69, 9.17) is 0 Å². The Hall–Kier alpha value is -0.900. The number of rotatable bonds is 1. The van der Waals surface area contributed by atoms with Crippen LogP contribution in [0.3, 0.4) is 0 Å². The predicted molar refractivity (Wildman–Crippen MR) is 60.3 cm³/mol. The number of hydrogen-bond acceptors (Lipinski definition) is 2. The van der Waals surface area contributed by atoms with E-state index >= 15 is 0 Å². The second-order valence-electron chi connectivity index (χ2n) is 3.67. The summed E-state index contributed by atoms with van der Waals surface area (Å²) in [5.74, 6) is 1.52. The Balaban J connectivity index is 2.81. The molecule has 0 fully saturated rings. The maximum atomic E-state index is 4.54. The molecule has 0 saturated carbocycles. The van der Waals surface area contributed by atoms with Gasteiger partial charge in [0.15, 0.2) is 0 Å². The highest BCUT2D eigenvalue weighted by Gasteiger charge is 2.12. The number of nitrogens with zero attached hydrogens (tertiary/aromatic N) is 3. The van der Waals surface area contributed by atoms with Crippen molar-refractivity contribution in [2.24, 2.45) is 7.05 Å². The van der Waals surface area contributed by atoms with Gasteiger partial charge in [0.1, 0.15) is 11.3 Å². The minimum Gasteiger partial charge on any atom is -0.330 e. The lowest BCUT2D eigenvalue weighted by atomic mass is 10.2. The van der Waals surface area contributed by atoms with Gasteiger partial charge in [-0.2, -0.15) is 0 Å². The molecule has 2 aromatic rings. The average molecular weight is 254 g/mol. The van der Waals surface area contributed by atoms with Crippen LogP contribution in [-0.2, 0) is 7.05 Å². The van der Waals surface area contributed by atoms with Gasteiger partial charge >= 0.3 is 0 Å². The summed E-state index contributed by atoms with van der Waals surface area (Å²) < 4.78 is 3.11. The van der Waals surface area contributed by atoms with Gasteiger partial charge in [0, 0.05) is 19.2 Å². The largest absolute Gasteiger partial charge is 0.330 e. The normalized spacial score (nSPS) is 11.5. The Labute approximate surface area is 91.3 Å². The van der Waals surface area contributed by atoms with Crippen molar-refractivity contribution < 1.29 is 0 Å². The molecule has 2 heterocycles. The van der Waals surface area contributed by atoms with Gasteiger partial charge < -0.3 is 4.57 Å². The molecule has 74 valence electrons. The molecule has 0 radical (unpaired) electrons. The van der Waals surface area contributed by atoms with Crippen LogP contribution in [0, 0.1) is 0 Å². The summed E-state index contributed by atoms with van der Waals surface area (Å²) in [6.07, 6.45) is 3.60. The quantitative estimate of drug-likeness (QED) is 0.783. The molecule has 0 amide bonds. The lowest BCUT2D eigenvalue weighted by molar-refractivity contribution is 0.722. The fraction of sp³-hybridized carbons (Fsp3) is 0.400. The van der Waals surface area contributed by atoms with Gasteiger partial charge in [-0.1, -0.05) is 13.8 Å². The Bertz CT molecular complexity index is 473. The van der Waals surface area contributed by atoms with Gasteiger partial charge in [0.2, 0.25) is 0 Å². The Morgan fingerprint density at radius 1 is 1.36 bits per heavy atom. The number of imidazole rings is 1. The molecule has 0 aromatic carbocycles. The van der Waals surface area contributed by atoms with Crippen LogP contribution >= 0.6 is 15.9 Å². The molecule has 0 unspecified atom stereocenters. The van der Waals surface area contributed by atoms with E-state index in [9.17, 15) is 0 Å². The summed E-state index contributed by atoms with van der Waals surface area (Å²) in [7, 11) is 2.04. The highest BCUT2D eigenvalue weighted by molar-refractivity contribution is 9.10. The molecule has 14 heavy (non-hydrogen) atoms. The molecule has 0 bridgehead atoms. The maximum absolute atomic E-state index is 4.54. The molecular formula is C10H12BrN3. The van der Waals surface area contributed by atoms with Gasteiger partial charge in [0.25, 0.3) is 0 Å². The van der Waals surface area contributed by atoms with Crippen LogP contribution in [0.2, 0.25) is 0 Å². The van der Waals surface area contributed by atoms with E-state index < -0.39 is 0 Å². The number of aryl methyl sites for hydroxylation is 1. The number of fused-ring (bicyclic) bond motifs is 1. The van der Waals surface area contributed by atoms with E-state index in [0.717, 1.165) is 21.3 Å². The van der Waals surface area contributed by atoms with Crippen molar-refractivity contribution in [1.29, 1.82) is 0 Å². The van der Waals surface area contributed by atoms with Crippen LogP contribution in [0.25, 0.3) is 11.0 Å². The van der Waals surface area contributed by atoms with Gasteiger partial charge in [-0.05, 0) is 15.9 Å². The first-order valence-corrected chi connectivity index (χ1v) is 5.36. The van der Waals surface area contributed by atoms with Crippen LogP contribution in [0.4, 0.5) is 0 Å². The van der Waals surface area contributed by atoms with Crippen LogP contribution in [0.1, 0.15) is 25.6 Å². The summed E-state index contributed by atoms with van der Waals surface area (Å²) in [4.78, 5) is 8.65. The smallest absolute Gasteiger partial charge is 0.112 e. The molecule has 2 aromatic heterocycles. The second-order valence-corrected chi connectivity index (χ2v) is 4.53. The zero-order chi connectivity index (χ0) is 10.3. The Kier molecular flexibility index (Phi) is 2.31. The molecule has 4 heteroatoms. The summed E-state index contributed by atoms with van der Waals surface area (Å²) in [6, 6.07) is 0. The van der Waals surface area contributed by atoms with Crippen molar-refractivity contribution in [2.45, 2.75) is 19.8 Å². The Morgan fingerprint density at radius 3 is 2.64 bits per heavy atom. The van der Waals surface area contributed by atoms with Crippen LogP contribution in [0.5, 0.6) is 0 Å². The molecule has 0 aliphatic carbocycles. The number of pyridine rings is 1. The van der Waals surface area contributed by atoms with E-state index in [1.807, 2.05) is 7.05 Å². The summed E-state index contributed by atoms with van der Waals surface area (Å²) in [5.41, 5.74) is 2.06. The fourth-order valence-electron chi connectivity index (χ4n) is 1.66. The highest BCUT2D eigenvalue weighted by atomic mass is 79.9. The number of aromatic nitrogens is 3.